The minimum atomic E-state index is 0.310. The Morgan fingerprint density at radius 2 is 1.78 bits per heavy atom. The van der Waals surface area contributed by atoms with Crippen LogP contribution in [0.1, 0.15) is 46.0 Å². The molecule has 1 aliphatic heterocycles. The van der Waals surface area contributed by atoms with Gasteiger partial charge in [-0.2, -0.15) is 0 Å². The maximum Gasteiger partial charge on any atom is 0.115 e. The number of hydrogen-bond acceptors (Lipinski definition) is 3. The second-order valence-electron chi connectivity index (χ2n) is 5.24. The fourth-order valence-corrected chi connectivity index (χ4v) is 2.56. The highest BCUT2D eigenvalue weighted by molar-refractivity contribution is 4.93. The van der Waals surface area contributed by atoms with E-state index < -0.39 is 0 Å². The molecule has 1 heterocycles. The summed E-state index contributed by atoms with van der Waals surface area (Å²) in [5, 5.41) is 0. The Morgan fingerprint density at radius 3 is 2.39 bits per heavy atom. The Kier molecular flexibility index (Phi) is 5.34. The largest absolute Gasteiger partial charge is 0.443 e. The van der Waals surface area contributed by atoms with Gasteiger partial charge in [0.2, 0.25) is 0 Å². The predicted molar refractivity (Wildman–Crippen MR) is 72.2 cm³/mol. The standard InChI is InChI=1S/C15H25NO2/c1-3-5-10-17-14-11-15(12-14)18-13-6-8-16(4-2)9-7-13/h13-15H,3-4,6-9,11-12H2,1-2H3. The molecule has 2 rings (SSSR count). The minimum Gasteiger partial charge on any atom is -0.443 e. The monoisotopic (exact) mass is 251 g/mol. The molecule has 2 fully saturated rings. The van der Waals surface area contributed by atoms with E-state index in [-0.39, 0.29) is 0 Å². The van der Waals surface area contributed by atoms with Crippen LogP contribution >= 0.6 is 0 Å². The molecular formula is C15H25NO2. The maximum atomic E-state index is 6.10. The van der Waals surface area contributed by atoms with Crippen molar-refractivity contribution in [3.05, 3.63) is 0 Å². The molecule has 102 valence electrons. The van der Waals surface area contributed by atoms with Crippen LogP contribution in [0.15, 0.2) is 0 Å². The molecule has 3 nitrogen and oxygen atoms in total. The van der Waals surface area contributed by atoms with E-state index in [4.69, 9.17) is 9.47 Å². The van der Waals surface area contributed by atoms with E-state index in [0.29, 0.717) is 18.3 Å². The molecular weight excluding hydrogens is 226 g/mol. The highest BCUT2D eigenvalue weighted by Gasteiger charge is 2.34. The molecule has 0 bridgehead atoms. The van der Waals surface area contributed by atoms with Crippen LogP contribution in [0.2, 0.25) is 0 Å². The molecule has 1 aliphatic carbocycles. The molecule has 1 saturated heterocycles. The summed E-state index contributed by atoms with van der Waals surface area (Å²) in [5.41, 5.74) is 0. The summed E-state index contributed by atoms with van der Waals surface area (Å²) < 4.78 is 11.5. The van der Waals surface area contributed by atoms with Crippen LogP contribution in [-0.4, -0.2) is 42.8 Å². The molecule has 2 aliphatic rings. The van der Waals surface area contributed by atoms with E-state index in [1.165, 1.54) is 32.5 Å². The zero-order chi connectivity index (χ0) is 12.8. The first kappa shape index (κ1) is 13.7. The van der Waals surface area contributed by atoms with E-state index in [0.717, 1.165) is 19.3 Å². The smallest absolute Gasteiger partial charge is 0.115 e. The first-order valence-electron chi connectivity index (χ1n) is 7.33. The zero-order valence-corrected chi connectivity index (χ0v) is 11.7. The van der Waals surface area contributed by atoms with Crippen LogP contribution < -0.4 is 0 Å². The molecule has 0 radical (unpaired) electrons. The lowest BCUT2D eigenvalue weighted by Crippen LogP contribution is -2.43. The van der Waals surface area contributed by atoms with Crippen LogP contribution in [0.5, 0.6) is 0 Å². The third-order valence-corrected chi connectivity index (χ3v) is 3.89. The molecule has 0 aromatic carbocycles. The Labute approximate surface area is 111 Å². The number of nitrogens with zero attached hydrogens (tertiary/aromatic N) is 1. The van der Waals surface area contributed by atoms with Crippen molar-refractivity contribution in [1.82, 2.24) is 4.90 Å². The van der Waals surface area contributed by atoms with Crippen LogP contribution in [0.3, 0.4) is 0 Å². The average molecular weight is 251 g/mol. The van der Waals surface area contributed by atoms with Crippen molar-refractivity contribution in [2.75, 3.05) is 19.6 Å². The van der Waals surface area contributed by atoms with Crippen LogP contribution in [0.4, 0.5) is 0 Å². The summed E-state index contributed by atoms with van der Waals surface area (Å²) in [6.07, 6.45) is 9.23. The van der Waals surface area contributed by atoms with Crippen molar-refractivity contribution in [1.29, 1.82) is 0 Å². The van der Waals surface area contributed by atoms with Gasteiger partial charge < -0.3 is 14.4 Å². The Bertz CT molecular complexity index is 293. The normalized spacial score (nSPS) is 29.2. The number of ether oxygens (including phenoxy) is 2. The summed E-state index contributed by atoms with van der Waals surface area (Å²) in [6, 6.07) is 0. The van der Waals surface area contributed by atoms with Gasteiger partial charge in [-0.15, -0.1) is 0 Å². The van der Waals surface area contributed by atoms with Crippen molar-refractivity contribution < 1.29 is 9.47 Å². The van der Waals surface area contributed by atoms with Crippen LogP contribution in [-0.2, 0) is 9.47 Å². The molecule has 0 amide bonds. The summed E-state index contributed by atoms with van der Waals surface area (Å²) >= 11 is 0. The molecule has 0 N–H and O–H groups in total. The van der Waals surface area contributed by atoms with Crippen molar-refractivity contribution >= 4 is 0 Å². The number of piperidine rings is 1. The van der Waals surface area contributed by atoms with Gasteiger partial charge in [0.1, 0.15) is 12.2 Å². The first-order chi connectivity index (χ1) is 8.81. The molecule has 0 atom stereocenters. The van der Waals surface area contributed by atoms with Crippen molar-refractivity contribution in [3.8, 4) is 12.0 Å². The predicted octanol–water partition coefficient (Wildman–Crippen LogP) is 2.41. The zero-order valence-electron chi connectivity index (χ0n) is 11.7. The summed E-state index contributed by atoms with van der Waals surface area (Å²) in [7, 11) is 0. The number of rotatable bonds is 4. The molecule has 0 aromatic heterocycles. The van der Waals surface area contributed by atoms with Crippen LogP contribution in [0, 0.1) is 12.0 Å². The highest BCUT2D eigenvalue weighted by atomic mass is 16.5. The van der Waals surface area contributed by atoms with Gasteiger partial charge in [0.05, 0.1) is 12.2 Å². The second-order valence-corrected chi connectivity index (χ2v) is 5.24. The van der Waals surface area contributed by atoms with Gasteiger partial charge in [-0.05, 0) is 19.4 Å². The van der Waals surface area contributed by atoms with Gasteiger partial charge in [0.25, 0.3) is 0 Å². The van der Waals surface area contributed by atoms with Crippen molar-refractivity contribution in [2.24, 2.45) is 0 Å². The lowest BCUT2D eigenvalue weighted by molar-refractivity contribution is -0.116. The highest BCUT2D eigenvalue weighted by Crippen LogP contribution is 2.29. The van der Waals surface area contributed by atoms with Gasteiger partial charge in [-0.25, -0.2) is 0 Å². The SMILES string of the molecule is CCC#COC1CC(OC2CCN(CC)CC2)C1. The quantitative estimate of drug-likeness (QED) is 0.716. The molecule has 0 unspecified atom stereocenters. The lowest BCUT2D eigenvalue weighted by atomic mass is 9.91. The van der Waals surface area contributed by atoms with Gasteiger partial charge in [-0.1, -0.05) is 19.8 Å². The Hall–Kier alpha value is -0.720. The van der Waals surface area contributed by atoms with Crippen LogP contribution in [0.25, 0.3) is 0 Å². The van der Waals surface area contributed by atoms with Gasteiger partial charge in [-0.3, -0.25) is 0 Å². The van der Waals surface area contributed by atoms with Gasteiger partial charge in [0.15, 0.2) is 0 Å². The fraction of sp³-hybridized carbons (Fsp3) is 0.867. The van der Waals surface area contributed by atoms with Crippen molar-refractivity contribution in [3.63, 3.8) is 0 Å². The summed E-state index contributed by atoms with van der Waals surface area (Å²) in [6.45, 7) is 7.81. The minimum absolute atomic E-state index is 0.310. The van der Waals surface area contributed by atoms with E-state index in [1.807, 2.05) is 6.92 Å². The number of likely N-dealkylation sites (tertiary alicyclic amines) is 1. The first-order valence-corrected chi connectivity index (χ1v) is 7.33. The summed E-state index contributed by atoms with van der Waals surface area (Å²) in [5.74, 6) is 2.94. The number of hydrogen-bond donors (Lipinski definition) is 0. The average Bonchev–Trinajstić information content (AvgIpc) is 2.36. The molecule has 3 heteroatoms. The molecule has 0 spiro atoms. The molecule has 18 heavy (non-hydrogen) atoms. The van der Waals surface area contributed by atoms with E-state index in [2.05, 4.69) is 23.9 Å². The molecule has 1 saturated carbocycles. The fourth-order valence-electron chi connectivity index (χ4n) is 2.56. The summed E-state index contributed by atoms with van der Waals surface area (Å²) in [4.78, 5) is 2.49. The topological polar surface area (TPSA) is 21.7 Å². The Balaban J connectivity index is 1.57. The lowest BCUT2D eigenvalue weighted by Gasteiger charge is -2.38. The second kappa shape index (κ2) is 7.01. The van der Waals surface area contributed by atoms with E-state index in [1.54, 1.807) is 0 Å². The Morgan fingerprint density at radius 1 is 1.06 bits per heavy atom. The molecule has 0 aromatic rings. The third-order valence-electron chi connectivity index (χ3n) is 3.89. The van der Waals surface area contributed by atoms with Gasteiger partial charge in [0, 0.05) is 32.4 Å². The van der Waals surface area contributed by atoms with E-state index in [9.17, 15) is 0 Å². The third kappa shape index (κ3) is 3.90. The van der Waals surface area contributed by atoms with Gasteiger partial charge >= 0.3 is 0 Å². The van der Waals surface area contributed by atoms with Crippen molar-refractivity contribution in [2.45, 2.75) is 64.3 Å². The van der Waals surface area contributed by atoms with E-state index >= 15 is 0 Å². The maximum absolute atomic E-state index is 6.10.